The summed E-state index contributed by atoms with van der Waals surface area (Å²) in [6.45, 7) is 5.36. The fourth-order valence-corrected chi connectivity index (χ4v) is 4.39. The zero-order valence-corrected chi connectivity index (χ0v) is 18.6. The van der Waals surface area contributed by atoms with Crippen molar-refractivity contribution in [2.75, 3.05) is 11.1 Å². The van der Waals surface area contributed by atoms with Crippen LogP contribution in [0.3, 0.4) is 0 Å². The number of carbonyl (C=O) groups is 1. The molecule has 1 amide bonds. The SMILES string of the molecule is CCSc1ccc(CC(=O)Nc2nnc(-c3ccc(S(=O)(=O)C(C)C)cc3)o2)cc1. The molecule has 30 heavy (non-hydrogen) atoms. The van der Waals surface area contributed by atoms with Gasteiger partial charge in [0.1, 0.15) is 0 Å². The van der Waals surface area contributed by atoms with E-state index < -0.39 is 15.1 Å². The van der Waals surface area contributed by atoms with Crippen LogP contribution in [0.25, 0.3) is 11.5 Å². The standard InChI is InChI=1S/C21H23N3O4S2/c1-4-29-17-9-5-15(6-10-17)13-19(25)22-21-24-23-20(28-21)16-7-11-18(12-8-16)30(26,27)14(2)3/h5-12,14H,4,13H2,1-3H3,(H,22,24,25). The third-order valence-electron chi connectivity index (χ3n) is 4.32. The second-order valence-corrected chi connectivity index (χ2v) is 10.7. The summed E-state index contributed by atoms with van der Waals surface area (Å²) in [4.78, 5) is 13.6. The van der Waals surface area contributed by atoms with Gasteiger partial charge in [-0.3, -0.25) is 10.1 Å². The first-order chi connectivity index (χ1) is 14.3. The minimum absolute atomic E-state index is 0.00737. The Balaban J connectivity index is 1.64. The maximum absolute atomic E-state index is 12.2. The molecule has 3 aromatic rings. The normalized spacial score (nSPS) is 11.6. The highest BCUT2D eigenvalue weighted by molar-refractivity contribution is 7.99. The van der Waals surface area contributed by atoms with E-state index in [-0.39, 0.29) is 29.1 Å². The lowest BCUT2D eigenvalue weighted by atomic mass is 10.1. The topological polar surface area (TPSA) is 102 Å². The van der Waals surface area contributed by atoms with Crippen LogP contribution in [0.5, 0.6) is 0 Å². The lowest BCUT2D eigenvalue weighted by molar-refractivity contribution is -0.115. The van der Waals surface area contributed by atoms with E-state index in [1.807, 2.05) is 24.3 Å². The molecule has 0 radical (unpaired) electrons. The zero-order valence-electron chi connectivity index (χ0n) is 17.0. The largest absolute Gasteiger partial charge is 0.403 e. The van der Waals surface area contributed by atoms with Gasteiger partial charge in [-0.05, 0) is 61.6 Å². The summed E-state index contributed by atoms with van der Waals surface area (Å²) in [5.74, 6) is 0.925. The predicted molar refractivity (Wildman–Crippen MR) is 117 cm³/mol. The summed E-state index contributed by atoms with van der Waals surface area (Å²) in [6, 6.07) is 14.0. The van der Waals surface area contributed by atoms with Crippen LogP contribution in [0.1, 0.15) is 26.3 Å². The van der Waals surface area contributed by atoms with E-state index in [1.54, 1.807) is 37.7 Å². The van der Waals surface area contributed by atoms with Gasteiger partial charge in [-0.15, -0.1) is 16.9 Å². The second-order valence-electron chi connectivity index (χ2n) is 6.83. The number of hydrogen-bond donors (Lipinski definition) is 1. The maximum Gasteiger partial charge on any atom is 0.322 e. The molecule has 9 heteroatoms. The molecule has 0 bridgehead atoms. The molecular formula is C21H23N3O4S2. The number of hydrogen-bond acceptors (Lipinski definition) is 7. The summed E-state index contributed by atoms with van der Waals surface area (Å²) < 4.78 is 29.9. The number of sulfone groups is 1. The van der Waals surface area contributed by atoms with E-state index in [9.17, 15) is 13.2 Å². The average Bonchev–Trinajstić information content (AvgIpc) is 3.18. The van der Waals surface area contributed by atoms with E-state index in [4.69, 9.17) is 4.42 Å². The van der Waals surface area contributed by atoms with Crippen LogP contribution in [0.2, 0.25) is 0 Å². The molecule has 158 valence electrons. The van der Waals surface area contributed by atoms with E-state index in [2.05, 4.69) is 22.4 Å². The highest BCUT2D eigenvalue weighted by atomic mass is 32.2. The van der Waals surface area contributed by atoms with Crippen molar-refractivity contribution in [3.8, 4) is 11.5 Å². The summed E-state index contributed by atoms with van der Waals surface area (Å²) in [5.41, 5.74) is 1.45. The number of nitrogens with zero attached hydrogens (tertiary/aromatic N) is 2. The molecule has 0 aliphatic carbocycles. The first-order valence-corrected chi connectivity index (χ1v) is 12.0. The Morgan fingerprint density at radius 2 is 1.73 bits per heavy atom. The van der Waals surface area contributed by atoms with Gasteiger partial charge in [0.2, 0.25) is 11.8 Å². The minimum Gasteiger partial charge on any atom is -0.403 e. The second kappa shape index (κ2) is 9.44. The van der Waals surface area contributed by atoms with Gasteiger partial charge < -0.3 is 4.42 Å². The summed E-state index contributed by atoms with van der Waals surface area (Å²) in [7, 11) is -3.35. The number of aromatic nitrogens is 2. The summed E-state index contributed by atoms with van der Waals surface area (Å²) in [5, 5.41) is 9.85. The monoisotopic (exact) mass is 445 g/mol. The van der Waals surface area contributed by atoms with Crippen molar-refractivity contribution in [2.45, 2.75) is 42.2 Å². The summed E-state index contributed by atoms with van der Waals surface area (Å²) >= 11 is 1.74. The molecule has 1 N–H and O–H groups in total. The third kappa shape index (κ3) is 5.28. The first-order valence-electron chi connectivity index (χ1n) is 9.49. The minimum atomic E-state index is -3.35. The van der Waals surface area contributed by atoms with Crippen molar-refractivity contribution in [2.24, 2.45) is 0 Å². The van der Waals surface area contributed by atoms with E-state index >= 15 is 0 Å². The van der Waals surface area contributed by atoms with Crippen LogP contribution in [-0.4, -0.2) is 35.5 Å². The molecule has 0 aliphatic heterocycles. The lowest BCUT2D eigenvalue weighted by Gasteiger charge is -2.07. The zero-order chi connectivity index (χ0) is 21.7. The van der Waals surface area contributed by atoms with E-state index in [1.165, 1.54) is 12.1 Å². The van der Waals surface area contributed by atoms with Crippen LogP contribution < -0.4 is 5.32 Å². The molecule has 2 aromatic carbocycles. The molecular weight excluding hydrogens is 422 g/mol. The molecule has 0 saturated heterocycles. The van der Waals surface area contributed by atoms with Gasteiger partial charge in [0.05, 0.1) is 16.6 Å². The Bertz CT molecular complexity index is 1110. The highest BCUT2D eigenvalue weighted by Gasteiger charge is 2.19. The first kappa shape index (κ1) is 22.0. The molecule has 0 unspecified atom stereocenters. The van der Waals surface area contributed by atoms with Gasteiger partial charge in [0.25, 0.3) is 0 Å². The van der Waals surface area contributed by atoms with Crippen molar-refractivity contribution >= 4 is 33.5 Å². The van der Waals surface area contributed by atoms with Gasteiger partial charge in [-0.1, -0.05) is 24.2 Å². The van der Waals surface area contributed by atoms with Crippen LogP contribution >= 0.6 is 11.8 Å². The molecule has 0 saturated carbocycles. The van der Waals surface area contributed by atoms with Gasteiger partial charge in [-0.25, -0.2) is 8.42 Å². The van der Waals surface area contributed by atoms with Crippen molar-refractivity contribution in [1.29, 1.82) is 0 Å². The Labute approximate surface area is 180 Å². The number of rotatable bonds is 8. The quantitative estimate of drug-likeness (QED) is 0.518. The number of anilines is 1. The Morgan fingerprint density at radius 1 is 1.07 bits per heavy atom. The third-order valence-corrected chi connectivity index (χ3v) is 7.39. The number of nitrogens with one attached hydrogen (secondary N) is 1. The summed E-state index contributed by atoms with van der Waals surface area (Å²) in [6.07, 6.45) is 0.191. The molecule has 1 heterocycles. The van der Waals surface area contributed by atoms with Crippen LogP contribution in [0, 0.1) is 0 Å². The van der Waals surface area contributed by atoms with Gasteiger partial charge in [0.15, 0.2) is 9.84 Å². The van der Waals surface area contributed by atoms with Crippen LogP contribution in [0.4, 0.5) is 6.01 Å². The van der Waals surface area contributed by atoms with E-state index in [0.29, 0.717) is 5.56 Å². The fourth-order valence-electron chi connectivity index (χ4n) is 2.67. The highest BCUT2D eigenvalue weighted by Crippen LogP contribution is 2.23. The number of thioether (sulfide) groups is 1. The van der Waals surface area contributed by atoms with Crippen molar-refractivity contribution in [1.82, 2.24) is 10.2 Å². The van der Waals surface area contributed by atoms with Crippen LogP contribution in [-0.2, 0) is 21.1 Å². The predicted octanol–water partition coefficient (Wildman–Crippen LogP) is 4.21. The van der Waals surface area contributed by atoms with Crippen molar-refractivity contribution in [3.05, 3.63) is 54.1 Å². The Kier molecular flexibility index (Phi) is 6.94. The fraction of sp³-hybridized carbons (Fsp3) is 0.286. The van der Waals surface area contributed by atoms with E-state index in [0.717, 1.165) is 16.2 Å². The molecule has 1 aromatic heterocycles. The number of carbonyl (C=O) groups excluding carboxylic acids is 1. The molecule has 0 fully saturated rings. The number of amides is 1. The molecule has 3 rings (SSSR count). The van der Waals surface area contributed by atoms with Gasteiger partial charge in [0, 0.05) is 10.5 Å². The van der Waals surface area contributed by atoms with Crippen molar-refractivity contribution < 1.29 is 17.6 Å². The molecule has 7 nitrogen and oxygen atoms in total. The molecule has 0 spiro atoms. The van der Waals surface area contributed by atoms with Crippen molar-refractivity contribution in [3.63, 3.8) is 0 Å². The molecule has 0 atom stereocenters. The lowest BCUT2D eigenvalue weighted by Crippen LogP contribution is -2.14. The average molecular weight is 446 g/mol. The Morgan fingerprint density at radius 3 is 2.33 bits per heavy atom. The number of benzene rings is 2. The smallest absolute Gasteiger partial charge is 0.322 e. The van der Waals surface area contributed by atoms with Gasteiger partial charge >= 0.3 is 6.01 Å². The Hall–Kier alpha value is -2.65. The van der Waals surface area contributed by atoms with Crippen LogP contribution in [0.15, 0.2) is 62.7 Å². The maximum atomic E-state index is 12.2. The van der Waals surface area contributed by atoms with Gasteiger partial charge in [-0.2, -0.15) is 0 Å². The molecule has 0 aliphatic rings.